The van der Waals surface area contributed by atoms with Crippen LogP contribution >= 0.6 is 11.3 Å². The topological polar surface area (TPSA) is 50.2 Å². The average Bonchev–Trinajstić information content (AvgIpc) is 3.48. The molecule has 281 valence electrons. The fourth-order valence-electron chi connectivity index (χ4n) is 6.56. The van der Waals surface area contributed by atoms with Crippen LogP contribution in [0.25, 0.3) is 53.3 Å². The van der Waals surface area contributed by atoms with Crippen LogP contribution in [0.5, 0.6) is 0 Å². The number of aliphatic hydroxyl groups excluding tert-OH is 1. The molecule has 0 atom stereocenters. The first kappa shape index (κ1) is 42.4. The fourth-order valence-corrected chi connectivity index (χ4v) is 10.2. The van der Waals surface area contributed by atoms with Gasteiger partial charge in [-0.3, -0.25) is 4.79 Å². The van der Waals surface area contributed by atoms with Crippen molar-refractivity contribution in [3.63, 3.8) is 0 Å². The van der Waals surface area contributed by atoms with Crippen LogP contribution in [0.15, 0.2) is 96.9 Å². The van der Waals surface area contributed by atoms with Crippen molar-refractivity contribution in [2.45, 2.75) is 76.8 Å². The van der Waals surface area contributed by atoms with Crippen LogP contribution in [-0.2, 0) is 31.1 Å². The van der Waals surface area contributed by atoms with Gasteiger partial charge in [-0.2, -0.15) is 0 Å². The molecule has 6 aromatic rings. The Bertz CT molecular complexity index is 2200. The summed E-state index contributed by atoms with van der Waals surface area (Å²) in [6.45, 7) is 8.07. The van der Waals surface area contributed by atoms with E-state index in [4.69, 9.17) is 0 Å². The summed E-state index contributed by atoms with van der Waals surface area (Å²) in [5.74, 6) is 7.61. The number of halogens is 3. The van der Waals surface area contributed by atoms with E-state index in [1.807, 2.05) is 70.2 Å². The smallest absolute Gasteiger partial charge is 0 e. The number of aliphatic hydroxyl groups is 1. The van der Waals surface area contributed by atoms with Crippen molar-refractivity contribution >= 4 is 65.9 Å². The number of carbonyl (C=O) groups excluding carboxylic acids is 1. The number of thiophene rings is 1. The molecule has 53 heavy (non-hydrogen) atoms. The molecule has 0 fully saturated rings. The number of rotatable bonds is 10. The summed E-state index contributed by atoms with van der Waals surface area (Å²) in [6.07, 6.45) is 1.36. The van der Waals surface area contributed by atoms with Gasteiger partial charge < -0.3 is 5.11 Å². The van der Waals surface area contributed by atoms with Gasteiger partial charge in [0.2, 0.25) is 0 Å². The van der Waals surface area contributed by atoms with E-state index in [1.165, 1.54) is 21.8 Å². The second kappa shape index (κ2) is 17.9. The molecule has 1 radical (unpaired) electrons. The first-order valence-electron chi connectivity index (χ1n) is 18.1. The van der Waals surface area contributed by atoms with Crippen molar-refractivity contribution in [1.29, 1.82) is 0 Å². The third-order valence-corrected chi connectivity index (χ3v) is 15.4. The molecule has 0 amide bonds. The van der Waals surface area contributed by atoms with Gasteiger partial charge in [0.1, 0.15) is 0 Å². The Morgan fingerprint density at radius 1 is 0.849 bits per heavy atom. The number of fused-ring (bicyclic) bond motifs is 4. The first-order valence-corrected chi connectivity index (χ1v) is 26.2. The van der Waals surface area contributed by atoms with E-state index >= 15 is 0 Å². The zero-order chi connectivity index (χ0) is 37.8. The van der Waals surface area contributed by atoms with E-state index in [9.17, 15) is 23.1 Å². The molecule has 0 aliphatic carbocycles. The van der Waals surface area contributed by atoms with E-state index in [2.05, 4.69) is 52.6 Å². The molecular formula is C44H47F3GeIrNO2S-. The van der Waals surface area contributed by atoms with Crippen molar-refractivity contribution in [3.05, 3.63) is 109 Å². The van der Waals surface area contributed by atoms with Crippen LogP contribution in [0.3, 0.4) is 0 Å². The number of alkyl halides is 3. The van der Waals surface area contributed by atoms with Gasteiger partial charge >= 0.3 is 173 Å². The third kappa shape index (κ3) is 9.69. The van der Waals surface area contributed by atoms with Crippen molar-refractivity contribution in [2.24, 2.45) is 11.8 Å². The van der Waals surface area contributed by atoms with Crippen LogP contribution in [0, 0.1) is 17.9 Å². The van der Waals surface area contributed by atoms with Crippen LogP contribution in [0.2, 0.25) is 17.3 Å². The Hall–Kier alpha value is -3.30. The molecule has 6 rings (SSSR count). The van der Waals surface area contributed by atoms with Gasteiger partial charge in [-0.1, -0.05) is 51.3 Å². The predicted octanol–water partition coefficient (Wildman–Crippen LogP) is 13.2. The largest absolute Gasteiger partial charge is 0 e. The Morgan fingerprint density at radius 3 is 1.94 bits per heavy atom. The summed E-state index contributed by atoms with van der Waals surface area (Å²) in [7, 11) is 0. The summed E-state index contributed by atoms with van der Waals surface area (Å²) >= 11 is -0.571. The standard InChI is InChI=1S/C31H23F3GeNS.C13H24O2.Ir/c1-35(2,3)24-14-12-20(13-15-24)19-8-10-21(11-9-19)28-26(31(32,33)34)18-36-29-25-16-22-6-4-5-7-23(22)17-27(25)37-30(28)29;1-5-10(6-2)12(14)9-13(15)11(7-3)8-4;/h4-15,17-18H,1-3H3;9-11,14H,5-8H2,1-4H3;/q-1;;/b;12-9-;. The third-order valence-electron chi connectivity index (χ3n) is 9.88. The maximum Gasteiger partial charge on any atom is 0 e. The zero-order valence-corrected chi connectivity index (χ0v) is 36.6. The number of nitrogens with zero attached hydrogens (tertiary/aromatic N) is 1. The Morgan fingerprint density at radius 2 is 1.40 bits per heavy atom. The molecule has 1 N–H and O–H groups in total. The van der Waals surface area contributed by atoms with Gasteiger partial charge in [0.15, 0.2) is 5.78 Å². The monoisotopic (exact) mass is 977 g/mol. The Labute approximate surface area is 331 Å². The second-order valence-electron chi connectivity index (χ2n) is 14.3. The van der Waals surface area contributed by atoms with E-state index in [-0.39, 0.29) is 49.0 Å². The quantitative estimate of drug-likeness (QED) is 0.0644. The second-order valence-corrected chi connectivity index (χ2v) is 26.0. The molecule has 0 saturated carbocycles. The molecule has 0 aliphatic heterocycles. The predicted molar refractivity (Wildman–Crippen MR) is 216 cm³/mol. The summed E-state index contributed by atoms with van der Waals surface area (Å²) in [6, 6.07) is 29.2. The molecule has 0 aliphatic rings. The van der Waals surface area contributed by atoms with Crippen molar-refractivity contribution in [2.75, 3.05) is 0 Å². The van der Waals surface area contributed by atoms with E-state index < -0.39 is 25.0 Å². The van der Waals surface area contributed by atoms with Crippen LogP contribution in [0.4, 0.5) is 13.2 Å². The minimum Gasteiger partial charge on any atom is 0 e. The molecular weight excluding hydrogens is 928 g/mol. The summed E-state index contributed by atoms with van der Waals surface area (Å²) < 4.78 is 45.4. The zero-order valence-electron chi connectivity index (χ0n) is 31.3. The SMILES string of the molecule is CCC(CC)C(=O)/C=C(\O)C(CC)CC.[CH3][Ge]([CH3])([CH3])[c]1ccc(-c2ccc(-c3c(C(F)(F)F)cnc4c3sc3cc5ccccc5[c-]c34)cc2)cc1.[Ir]. The van der Waals surface area contributed by atoms with Gasteiger partial charge in [0.25, 0.3) is 0 Å². The van der Waals surface area contributed by atoms with Crippen molar-refractivity contribution in [1.82, 2.24) is 4.98 Å². The van der Waals surface area contributed by atoms with Gasteiger partial charge in [0.05, 0.1) is 5.76 Å². The number of pyridine rings is 1. The normalized spacial score (nSPS) is 12.3. The number of ketones is 1. The number of hydrogen-bond acceptors (Lipinski definition) is 4. The van der Waals surface area contributed by atoms with Crippen LogP contribution in [-0.4, -0.2) is 29.1 Å². The summed E-state index contributed by atoms with van der Waals surface area (Å²) in [4.78, 5) is 16.0. The molecule has 3 nitrogen and oxygen atoms in total. The molecule has 0 saturated heterocycles. The van der Waals surface area contributed by atoms with E-state index in [0.29, 0.717) is 15.8 Å². The van der Waals surface area contributed by atoms with Crippen molar-refractivity contribution < 1.29 is 43.2 Å². The Kier molecular flexibility index (Phi) is 14.3. The number of benzene rings is 4. The molecule has 2 heterocycles. The minimum absolute atomic E-state index is 0. The van der Waals surface area contributed by atoms with Gasteiger partial charge in [-0.05, 0) is 25.7 Å². The minimum atomic E-state index is -4.52. The summed E-state index contributed by atoms with van der Waals surface area (Å²) in [5, 5.41) is 12.4. The first-order chi connectivity index (χ1) is 24.7. The van der Waals surface area contributed by atoms with Gasteiger partial charge in [-0.15, -0.1) is 23.6 Å². The maximum absolute atomic E-state index is 14.2. The molecule has 9 heteroatoms. The molecule has 0 spiro atoms. The van der Waals surface area contributed by atoms with E-state index in [0.717, 1.165) is 63.9 Å². The van der Waals surface area contributed by atoms with Gasteiger partial charge in [0, 0.05) is 38.0 Å². The van der Waals surface area contributed by atoms with E-state index in [1.54, 1.807) is 12.1 Å². The van der Waals surface area contributed by atoms with Crippen LogP contribution in [0.1, 0.15) is 58.9 Å². The van der Waals surface area contributed by atoms with Crippen LogP contribution < -0.4 is 4.40 Å². The maximum atomic E-state index is 14.2. The molecule has 0 unspecified atom stereocenters. The average molecular weight is 976 g/mol. The van der Waals surface area contributed by atoms with Gasteiger partial charge in [-0.25, -0.2) is 0 Å². The molecule has 2 aromatic heterocycles. The number of carbonyl (C=O) groups is 1. The van der Waals surface area contributed by atoms with Crippen molar-refractivity contribution in [3.8, 4) is 22.3 Å². The molecule has 4 aromatic carbocycles. The summed E-state index contributed by atoms with van der Waals surface area (Å²) in [5.41, 5.74) is 2.58. The number of aromatic nitrogens is 1. The molecule has 0 bridgehead atoms. The fraction of sp³-hybridized carbons (Fsp3) is 0.318. The number of hydrogen-bond donors (Lipinski definition) is 1. The Balaban J connectivity index is 0.000000335. The number of allylic oxidation sites excluding steroid dienone is 2.